The summed E-state index contributed by atoms with van der Waals surface area (Å²) in [6.07, 6.45) is 1.81. The van der Waals surface area contributed by atoms with Crippen LogP contribution in [0.4, 0.5) is 0 Å². The number of ketones is 1. The Bertz CT molecular complexity index is 1230. The molecule has 31 heavy (non-hydrogen) atoms. The molecule has 5 rings (SSSR count). The Morgan fingerprint density at radius 2 is 1.84 bits per heavy atom. The number of rotatable bonds is 6. The molecule has 0 radical (unpaired) electrons. The first-order chi connectivity index (χ1) is 15.2. The van der Waals surface area contributed by atoms with Gasteiger partial charge in [0.05, 0.1) is 30.5 Å². The van der Waals surface area contributed by atoms with Crippen LogP contribution in [-0.2, 0) is 11.3 Å². The van der Waals surface area contributed by atoms with Crippen LogP contribution >= 0.6 is 11.8 Å². The number of benzene rings is 2. The van der Waals surface area contributed by atoms with Gasteiger partial charge in [0.1, 0.15) is 10.9 Å². The van der Waals surface area contributed by atoms with Crippen LogP contribution < -0.4 is 0 Å². The predicted octanol–water partition coefficient (Wildman–Crippen LogP) is 4.31. The van der Waals surface area contributed by atoms with Crippen LogP contribution in [0.3, 0.4) is 0 Å². The minimum Gasteiger partial charge on any atom is -0.379 e. The standard InChI is InChI=1S/C24H24N4O2S/c1-16(23(29)19-14-25-20-8-4-2-6-17(19)20)31-24-18-7-3-5-9-21(18)26-22(27-24)15-28-10-12-30-13-11-28/h2-9,14,16,25H,10-13,15H2,1H3/t16-/m1/s1. The van der Waals surface area contributed by atoms with Crippen molar-refractivity contribution in [3.63, 3.8) is 0 Å². The van der Waals surface area contributed by atoms with Crippen molar-refractivity contribution in [1.82, 2.24) is 19.9 Å². The van der Waals surface area contributed by atoms with Gasteiger partial charge in [0, 0.05) is 41.1 Å². The smallest absolute Gasteiger partial charge is 0.178 e. The lowest BCUT2D eigenvalue weighted by molar-refractivity contribution is 0.0330. The molecule has 7 heteroatoms. The van der Waals surface area contributed by atoms with Gasteiger partial charge in [-0.15, -0.1) is 0 Å². The fourth-order valence-electron chi connectivity index (χ4n) is 3.93. The van der Waals surface area contributed by atoms with Crippen LogP contribution in [0, 0.1) is 0 Å². The van der Waals surface area contributed by atoms with Crippen molar-refractivity contribution in [1.29, 1.82) is 0 Å². The second kappa shape index (κ2) is 8.78. The van der Waals surface area contributed by atoms with Gasteiger partial charge >= 0.3 is 0 Å². The third kappa shape index (κ3) is 4.21. The Hall–Kier alpha value is -2.74. The van der Waals surface area contributed by atoms with E-state index >= 15 is 0 Å². The number of nitrogens with zero attached hydrogens (tertiary/aromatic N) is 3. The Balaban J connectivity index is 1.43. The van der Waals surface area contributed by atoms with Gasteiger partial charge in [-0.25, -0.2) is 9.97 Å². The lowest BCUT2D eigenvalue weighted by atomic mass is 10.1. The zero-order valence-electron chi connectivity index (χ0n) is 17.4. The summed E-state index contributed by atoms with van der Waals surface area (Å²) in [7, 11) is 0. The first kappa shape index (κ1) is 20.2. The summed E-state index contributed by atoms with van der Waals surface area (Å²) >= 11 is 1.51. The Labute approximate surface area is 185 Å². The number of nitrogens with one attached hydrogen (secondary N) is 1. The molecule has 0 unspecified atom stereocenters. The number of fused-ring (bicyclic) bond motifs is 2. The molecule has 1 saturated heterocycles. The third-order valence-corrected chi connectivity index (χ3v) is 6.70. The third-order valence-electron chi connectivity index (χ3n) is 5.60. The molecular weight excluding hydrogens is 408 g/mol. The molecule has 2 aromatic heterocycles. The maximum atomic E-state index is 13.3. The second-order valence-electron chi connectivity index (χ2n) is 7.72. The molecule has 0 aliphatic carbocycles. The summed E-state index contributed by atoms with van der Waals surface area (Å²) in [5.74, 6) is 0.884. The van der Waals surface area contributed by atoms with E-state index in [9.17, 15) is 4.79 Å². The molecule has 0 bridgehead atoms. The molecule has 1 N–H and O–H groups in total. The topological polar surface area (TPSA) is 71.1 Å². The maximum Gasteiger partial charge on any atom is 0.178 e. The van der Waals surface area contributed by atoms with E-state index in [4.69, 9.17) is 14.7 Å². The van der Waals surface area contributed by atoms with Crippen LogP contribution in [0.5, 0.6) is 0 Å². The lowest BCUT2D eigenvalue weighted by Gasteiger charge is -2.26. The van der Waals surface area contributed by atoms with E-state index in [1.54, 1.807) is 0 Å². The Morgan fingerprint density at radius 1 is 1.10 bits per heavy atom. The molecular formula is C24H24N4O2S. The van der Waals surface area contributed by atoms with Gasteiger partial charge in [-0.1, -0.05) is 48.2 Å². The number of Topliss-reactive ketones (excluding diaryl/α,β-unsaturated/α-hetero) is 1. The van der Waals surface area contributed by atoms with E-state index in [1.807, 2.05) is 61.7 Å². The van der Waals surface area contributed by atoms with Gasteiger partial charge in [-0.05, 0) is 19.1 Å². The Morgan fingerprint density at radius 3 is 2.68 bits per heavy atom. The van der Waals surface area contributed by atoms with Crippen molar-refractivity contribution >= 4 is 39.4 Å². The highest BCUT2D eigenvalue weighted by molar-refractivity contribution is 8.00. The highest BCUT2D eigenvalue weighted by Gasteiger charge is 2.22. The molecule has 0 spiro atoms. The van der Waals surface area contributed by atoms with E-state index in [-0.39, 0.29) is 11.0 Å². The number of aromatic nitrogens is 3. The van der Waals surface area contributed by atoms with E-state index in [1.165, 1.54) is 11.8 Å². The normalized spacial score (nSPS) is 16.0. The SMILES string of the molecule is C[C@@H](Sc1nc(CN2CCOCC2)nc2ccccc12)C(=O)c1c[nH]c2ccccc12. The van der Waals surface area contributed by atoms with Crippen molar-refractivity contribution in [2.75, 3.05) is 26.3 Å². The minimum atomic E-state index is -0.270. The molecule has 0 saturated carbocycles. The lowest BCUT2D eigenvalue weighted by Crippen LogP contribution is -2.36. The number of carbonyl (C=O) groups excluding carboxylic acids is 1. The quantitative estimate of drug-likeness (QED) is 0.278. The molecule has 4 aromatic rings. The van der Waals surface area contributed by atoms with Crippen molar-refractivity contribution in [2.24, 2.45) is 0 Å². The number of aromatic amines is 1. The molecule has 1 aliphatic rings. The van der Waals surface area contributed by atoms with Crippen molar-refractivity contribution in [3.8, 4) is 0 Å². The van der Waals surface area contributed by atoms with Crippen molar-refractivity contribution in [3.05, 3.63) is 66.1 Å². The number of morpholine rings is 1. The van der Waals surface area contributed by atoms with E-state index in [0.29, 0.717) is 6.54 Å². The summed E-state index contributed by atoms with van der Waals surface area (Å²) in [6, 6.07) is 15.9. The average Bonchev–Trinajstić information content (AvgIpc) is 3.23. The summed E-state index contributed by atoms with van der Waals surface area (Å²) in [5.41, 5.74) is 2.61. The largest absolute Gasteiger partial charge is 0.379 e. The van der Waals surface area contributed by atoms with Crippen LogP contribution in [0.25, 0.3) is 21.8 Å². The number of hydrogen-bond donors (Lipinski definition) is 1. The molecule has 0 amide bonds. The number of hydrogen-bond acceptors (Lipinski definition) is 6. The van der Waals surface area contributed by atoms with Gasteiger partial charge in [0.2, 0.25) is 0 Å². The zero-order chi connectivity index (χ0) is 21.2. The molecule has 1 atom stereocenters. The number of para-hydroxylation sites is 2. The second-order valence-corrected chi connectivity index (χ2v) is 9.05. The molecule has 158 valence electrons. The van der Waals surface area contributed by atoms with Gasteiger partial charge in [0.25, 0.3) is 0 Å². The van der Waals surface area contributed by atoms with Crippen LogP contribution in [-0.4, -0.2) is 57.2 Å². The number of H-pyrrole nitrogens is 1. The van der Waals surface area contributed by atoms with E-state index in [2.05, 4.69) is 9.88 Å². The Kier molecular flexibility index (Phi) is 5.72. The molecule has 1 aliphatic heterocycles. The summed E-state index contributed by atoms with van der Waals surface area (Å²) < 4.78 is 5.45. The zero-order valence-corrected chi connectivity index (χ0v) is 18.2. The minimum absolute atomic E-state index is 0.0971. The molecule has 2 aromatic carbocycles. The van der Waals surface area contributed by atoms with Gasteiger partial charge in [0.15, 0.2) is 5.78 Å². The summed E-state index contributed by atoms with van der Waals surface area (Å²) in [5, 5.41) is 2.53. The average molecular weight is 433 g/mol. The highest BCUT2D eigenvalue weighted by Crippen LogP contribution is 2.31. The van der Waals surface area contributed by atoms with Gasteiger partial charge < -0.3 is 9.72 Å². The van der Waals surface area contributed by atoms with Crippen LogP contribution in [0.15, 0.2) is 59.8 Å². The predicted molar refractivity (Wildman–Crippen MR) is 124 cm³/mol. The first-order valence-corrected chi connectivity index (χ1v) is 11.4. The maximum absolute atomic E-state index is 13.3. The van der Waals surface area contributed by atoms with Gasteiger partial charge in [-0.2, -0.15) is 0 Å². The van der Waals surface area contributed by atoms with Gasteiger partial charge in [-0.3, -0.25) is 9.69 Å². The number of carbonyl (C=O) groups is 1. The monoisotopic (exact) mass is 432 g/mol. The number of ether oxygens (including phenoxy) is 1. The van der Waals surface area contributed by atoms with E-state index in [0.717, 1.165) is 64.5 Å². The summed E-state index contributed by atoms with van der Waals surface area (Å²) in [4.78, 5) is 28.4. The first-order valence-electron chi connectivity index (χ1n) is 10.5. The molecule has 6 nitrogen and oxygen atoms in total. The fraction of sp³-hybridized carbons (Fsp3) is 0.292. The van der Waals surface area contributed by atoms with E-state index < -0.39 is 0 Å². The van der Waals surface area contributed by atoms with Crippen molar-refractivity contribution in [2.45, 2.75) is 23.7 Å². The van der Waals surface area contributed by atoms with Crippen molar-refractivity contribution < 1.29 is 9.53 Å². The highest BCUT2D eigenvalue weighted by atomic mass is 32.2. The van der Waals surface area contributed by atoms with Crippen LogP contribution in [0.1, 0.15) is 23.1 Å². The van der Waals surface area contributed by atoms with Crippen LogP contribution in [0.2, 0.25) is 0 Å². The fourth-order valence-corrected chi connectivity index (χ4v) is 4.96. The number of thioether (sulfide) groups is 1. The molecule has 1 fully saturated rings. The summed E-state index contributed by atoms with van der Waals surface area (Å²) in [6.45, 7) is 5.89. The molecule has 3 heterocycles.